The van der Waals surface area contributed by atoms with Crippen LogP contribution in [-0.4, -0.2) is 81.9 Å². The van der Waals surface area contributed by atoms with Crippen molar-refractivity contribution in [2.75, 3.05) is 66.1 Å². The summed E-state index contributed by atoms with van der Waals surface area (Å²) in [5.74, 6) is 1.86. The molecule has 6 nitrogen and oxygen atoms in total. The fourth-order valence-electron chi connectivity index (χ4n) is 3.18. The molecule has 0 atom stereocenters. The van der Waals surface area contributed by atoms with Gasteiger partial charge in [0.15, 0.2) is 5.96 Å². The van der Waals surface area contributed by atoms with Gasteiger partial charge in [0, 0.05) is 56.8 Å². The Bertz CT molecular complexity index is 596. The molecule has 3 rings (SSSR count). The van der Waals surface area contributed by atoms with Crippen LogP contribution in [-0.2, 0) is 4.74 Å². The molecule has 0 amide bonds. The van der Waals surface area contributed by atoms with Gasteiger partial charge in [-0.25, -0.2) is 0 Å². The molecular formula is C19H29ClN4O2. The maximum Gasteiger partial charge on any atom is 0.193 e. The molecule has 2 aliphatic rings. The number of hydrogen-bond acceptors (Lipinski definition) is 4. The molecule has 1 aromatic carbocycles. The van der Waals surface area contributed by atoms with Crippen molar-refractivity contribution in [1.82, 2.24) is 15.1 Å². The Hall–Kier alpha value is -1.50. The maximum atomic E-state index is 5.89. The topological polar surface area (TPSA) is 49.3 Å². The van der Waals surface area contributed by atoms with E-state index in [9.17, 15) is 0 Å². The summed E-state index contributed by atoms with van der Waals surface area (Å²) in [6.07, 6.45) is 0. The van der Waals surface area contributed by atoms with Gasteiger partial charge in [-0.15, -0.1) is 0 Å². The van der Waals surface area contributed by atoms with E-state index >= 15 is 0 Å². The molecule has 0 unspecified atom stereocenters. The Labute approximate surface area is 161 Å². The number of benzene rings is 1. The first kappa shape index (κ1) is 19.3. The molecule has 7 heteroatoms. The average Bonchev–Trinajstić information content (AvgIpc) is 2.63. The van der Waals surface area contributed by atoms with E-state index in [1.807, 2.05) is 31.3 Å². The van der Waals surface area contributed by atoms with Crippen LogP contribution in [0.5, 0.6) is 5.75 Å². The van der Waals surface area contributed by atoms with Crippen LogP contribution in [0.1, 0.15) is 6.92 Å². The number of rotatable bonds is 6. The molecule has 2 fully saturated rings. The van der Waals surface area contributed by atoms with Crippen molar-refractivity contribution in [2.45, 2.75) is 6.92 Å². The number of piperazine rings is 1. The zero-order valence-electron chi connectivity index (χ0n) is 15.7. The molecule has 2 heterocycles. The number of aliphatic imine (C=N–C) groups is 1. The Morgan fingerprint density at radius 2 is 1.92 bits per heavy atom. The normalized spacial score (nSPS) is 20.6. The zero-order valence-corrected chi connectivity index (χ0v) is 16.5. The summed E-state index contributed by atoms with van der Waals surface area (Å²) in [7, 11) is 1.86. The molecule has 1 aromatic rings. The van der Waals surface area contributed by atoms with Crippen molar-refractivity contribution in [2.24, 2.45) is 10.4 Å². The lowest BCUT2D eigenvalue weighted by molar-refractivity contribution is -0.0973. The number of halogens is 1. The Morgan fingerprint density at radius 1 is 1.23 bits per heavy atom. The van der Waals surface area contributed by atoms with E-state index in [0.29, 0.717) is 6.61 Å². The van der Waals surface area contributed by atoms with E-state index < -0.39 is 0 Å². The van der Waals surface area contributed by atoms with Crippen LogP contribution in [0.4, 0.5) is 0 Å². The number of ether oxygens (including phenoxy) is 2. The summed E-state index contributed by atoms with van der Waals surface area (Å²) < 4.78 is 11.1. The number of nitrogens with one attached hydrogen (secondary N) is 1. The second kappa shape index (κ2) is 8.93. The fourth-order valence-corrected chi connectivity index (χ4v) is 3.31. The highest BCUT2D eigenvalue weighted by Crippen LogP contribution is 2.25. The van der Waals surface area contributed by atoms with Gasteiger partial charge in [-0.3, -0.25) is 9.89 Å². The smallest absolute Gasteiger partial charge is 0.193 e. The van der Waals surface area contributed by atoms with E-state index in [0.717, 1.165) is 69.2 Å². The second-order valence-electron chi connectivity index (χ2n) is 7.34. The summed E-state index contributed by atoms with van der Waals surface area (Å²) in [5.41, 5.74) is 0.247. The monoisotopic (exact) mass is 380 g/mol. The molecule has 0 radical (unpaired) electrons. The van der Waals surface area contributed by atoms with Gasteiger partial charge < -0.3 is 19.7 Å². The minimum atomic E-state index is 0.247. The van der Waals surface area contributed by atoms with Crippen LogP contribution in [0.2, 0.25) is 5.02 Å². The molecule has 1 N–H and O–H groups in total. The largest absolute Gasteiger partial charge is 0.492 e. The molecule has 26 heavy (non-hydrogen) atoms. The molecule has 0 spiro atoms. The third-order valence-electron chi connectivity index (χ3n) is 4.95. The predicted octanol–water partition coefficient (Wildman–Crippen LogP) is 1.95. The van der Waals surface area contributed by atoms with Crippen LogP contribution in [0.15, 0.2) is 29.3 Å². The molecule has 2 aliphatic heterocycles. The number of nitrogens with zero attached hydrogens (tertiary/aromatic N) is 3. The summed E-state index contributed by atoms with van der Waals surface area (Å²) in [6.45, 7) is 10.4. The Kier molecular flexibility index (Phi) is 6.62. The molecule has 144 valence electrons. The fraction of sp³-hybridized carbons (Fsp3) is 0.632. The summed E-state index contributed by atoms with van der Waals surface area (Å²) in [4.78, 5) is 9.21. The van der Waals surface area contributed by atoms with Gasteiger partial charge in [-0.05, 0) is 24.3 Å². The van der Waals surface area contributed by atoms with E-state index in [-0.39, 0.29) is 5.41 Å². The SMILES string of the molecule is CN=C(NCC1(C)COC1)N1CCN(CCOc2ccc(Cl)cc2)CC1. The molecule has 2 saturated heterocycles. The molecule has 0 bridgehead atoms. The quantitative estimate of drug-likeness (QED) is 0.604. The predicted molar refractivity (Wildman–Crippen MR) is 105 cm³/mol. The third-order valence-corrected chi connectivity index (χ3v) is 5.20. The number of hydrogen-bond donors (Lipinski definition) is 1. The standard InChI is InChI=1S/C19H29ClN4O2/c1-19(14-25-15-19)13-22-18(21-2)24-9-7-23(8-10-24)11-12-26-17-5-3-16(20)4-6-17/h3-6H,7-15H2,1-2H3,(H,21,22). The lowest BCUT2D eigenvalue weighted by atomic mass is 9.89. The van der Waals surface area contributed by atoms with E-state index in [4.69, 9.17) is 21.1 Å². The van der Waals surface area contributed by atoms with Gasteiger partial charge >= 0.3 is 0 Å². The Morgan fingerprint density at radius 3 is 2.50 bits per heavy atom. The van der Waals surface area contributed by atoms with Crippen LogP contribution >= 0.6 is 11.6 Å². The van der Waals surface area contributed by atoms with Crippen LogP contribution in [0.25, 0.3) is 0 Å². The highest BCUT2D eigenvalue weighted by atomic mass is 35.5. The van der Waals surface area contributed by atoms with Gasteiger partial charge in [-0.1, -0.05) is 18.5 Å². The first-order chi connectivity index (χ1) is 12.6. The van der Waals surface area contributed by atoms with E-state index in [2.05, 4.69) is 27.0 Å². The Balaban J connectivity index is 1.35. The van der Waals surface area contributed by atoms with E-state index in [1.54, 1.807) is 0 Å². The van der Waals surface area contributed by atoms with Gasteiger partial charge in [-0.2, -0.15) is 0 Å². The van der Waals surface area contributed by atoms with Gasteiger partial charge in [0.1, 0.15) is 12.4 Å². The van der Waals surface area contributed by atoms with Gasteiger partial charge in [0.2, 0.25) is 0 Å². The zero-order chi connectivity index (χ0) is 18.4. The lowest BCUT2D eigenvalue weighted by Crippen LogP contribution is -2.56. The highest BCUT2D eigenvalue weighted by Gasteiger charge is 2.33. The number of guanidine groups is 1. The first-order valence-corrected chi connectivity index (χ1v) is 9.60. The molecular weight excluding hydrogens is 352 g/mol. The molecule has 0 aliphatic carbocycles. The lowest BCUT2D eigenvalue weighted by Gasteiger charge is -2.40. The third kappa shape index (κ3) is 5.25. The minimum Gasteiger partial charge on any atom is -0.492 e. The van der Waals surface area contributed by atoms with Gasteiger partial charge in [0.05, 0.1) is 13.2 Å². The van der Waals surface area contributed by atoms with Gasteiger partial charge in [0.25, 0.3) is 0 Å². The van der Waals surface area contributed by atoms with Crippen molar-refractivity contribution in [1.29, 1.82) is 0 Å². The minimum absolute atomic E-state index is 0.247. The van der Waals surface area contributed by atoms with Crippen LogP contribution < -0.4 is 10.1 Å². The molecule has 0 aromatic heterocycles. The highest BCUT2D eigenvalue weighted by molar-refractivity contribution is 6.30. The van der Waals surface area contributed by atoms with E-state index in [1.165, 1.54) is 0 Å². The maximum absolute atomic E-state index is 5.89. The molecule has 0 saturated carbocycles. The van der Waals surface area contributed by atoms with Crippen LogP contribution in [0.3, 0.4) is 0 Å². The van der Waals surface area contributed by atoms with Crippen molar-refractivity contribution in [3.8, 4) is 5.75 Å². The second-order valence-corrected chi connectivity index (χ2v) is 7.77. The summed E-state index contributed by atoms with van der Waals surface area (Å²) in [6, 6.07) is 7.52. The van der Waals surface area contributed by atoms with Crippen molar-refractivity contribution in [3.63, 3.8) is 0 Å². The van der Waals surface area contributed by atoms with Crippen molar-refractivity contribution >= 4 is 17.6 Å². The van der Waals surface area contributed by atoms with Crippen LogP contribution in [0, 0.1) is 5.41 Å². The average molecular weight is 381 g/mol. The summed E-state index contributed by atoms with van der Waals surface area (Å²) in [5, 5.41) is 4.24. The summed E-state index contributed by atoms with van der Waals surface area (Å²) >= 11 is 5.89. The van der Waals surface area contributed by atoms with Crippen molar-refractivity contribution in [3.05, 3.63) is 29.3 Å². The van der Waals surface area contributed by atoms with Crippen molar-refractivity contribution < 1.29 is 9.47 Å². The first-order valence-electron chi connectivity index (χ1n) is 9.22.